The number of benzene rings is 3. The molecule has 3 amide bonds. The highest BCUT2D eigenvalue weighted by Gasteiger charge is 2.45. The van der Waals surface area contributed by atoms with Crippen LogP contribution in [0.3, 0.4) is 0 Å². The highest BCUT2D eigenvalue weighted by molar-refractivity contribution is 5.94. The van der Waals surface area contributed by atoms with E-state index in [0.717, 1.165) is 11.1 Å². The Balaban J connectivity index is 1.75. The first-order chi connectivity index (χ1) is 23.0. The number of carbonyl (C=O) groups excluding carboxylic acids is 4. The van der Waals surface area contributed by atoms with E-state index in [9.17, 15) is 24.3 Å². The third kappa shape index (κ3) is 11.1. The molecule has 0 saturated heterocycles. The Labute approximate surface area is 289 Å². The predicted molar refractivity (Wildman–Crippen MR) is 187 cm³/mol. The number of alkyl carbamates (subject to hydrolysis) is 1. The number of esters is 1. The second-order valence-electron chi connectivity index (χ2n) is 14.6. The second-order valence-corrected chi connectivity index (χ2v) is 14.6. The van der Waals surface area contributed by atoms with E-state index in [1.807, 2.05) is 49.4 Å². The number of aromatic hydroxyl groups is 1. The van der Waals surface area contributed by atoms with Gasteiger partial charge in [0.25, 0.3) is 0 Å². The summed E-state index contributed by atoms with van der Waals surface area (Å²) in [4.78, 5) is 57.6. The summed E-state index contributed by atoms with van der Waals surface area (Å²) in [6.07, 6.45) is 0.824. The van der Waals surface area contributed by atoms with E-state index in [0.29, 0.717) is 24.0 Å². The lowest BCUT2D eigenvalue weighted by molar-refractivity contribution is -0.159. The Morgan fingerprint density at radius 1 is 0.755 bits per heavy atom. The Kier molecular flexibility index (Phi) is 11.7. The second kappa shape index (κ2) is 15.6. The zero-order chi connectivity index (χ0) is 35.9. The van der Waals surface area contributed by atoms with Crippen LogP contribution in [0.4, 0.5) is 4.79 Å². The third-order valence-electron chi connectivity index (χ3n) is 7.86. The molecule has 0 radical (unpaired) electrons. The van der Waals surface area contributed by atoms with Crippen LogP contribution in [0.5, 0.6) is 5.75 Å². The van der Waals surface area contributed by atoms with Crippen molar-refractivity contribution in [2.24, 2.45) is 0 Å². The molecule has 10 heteroatoms. The van der Waals surface area contributed by atoms with Crippen molar-refractivity contribution in [1.29, 1.82) is 0 Å². The minimum atomic E-state index is -1.12. The number of amides is 3. The van der Waals surface area contributed by atoms with Gasteiger partial charge in [0.1, 0.15) is 35.1 Å². The summed E-state index contributed by atoms with van der Waals surface area (Å²) in [6, 6.07) is 19.5. The van der Waals surface area contributed by atoms with Crippen molar-refractivity contribution in [1.82, 2.24) is 15.5 Å². The van der Waals surface area contributed by atoms with E-state index >= 15 is 0 Å². The molecule has 4 rings (SSSR count). The molecular weight excluding hydrogens is 622 g/mol. The van der Waals surface area contributed by atoms with Crippen LogP contribution < -0.4 is 10.6 Å². The van der Waals surface area contributed by atoms with Gasteiger partial charge < -0.3 is 30.1 Å². The lowest BCUT2D eigenvalue weighted by Crippen LogP contribution is -2.56. The number of hydrogen-bond donors (Lipinski definition) is 3. The van der Waals surface area contributed by atoms with Gasteiger partial charge in [-0.25, -0.2) is 9.59 Å². The first kappa shape index (κ1) is 37.0. The first-order valence-electron chi connectivity index (χ1n) is 16.7. The van der Waals surface area contributed by atoms with Gasteiger partial charge in [0, 0.05) is 18.9 Å². The average molecular weight is 672 g/mol. The normalized spacial score (nSPS) is 14.9. The minimum absolute atomic E-state index is 0.0673. The summed E-state index contributed by atoms with van der Waals surface area (Å²) >= 11 is 0. The smallest absolute Gasteiger partial charge is 0.408 e. The summed E-state index contributed by atoms with van der Waals surface area (Å²) in [5.74, 6) is -1.53. The van der Waals surface area contributed by atoms with Crippen LogP contribution in [0.2, 0.25) is 0 Å². The van der Waals surface area contributed by atoms with Crippen molar-refractivity contribution in [3.05, 3.63) is 101 Å². The molecule has 262 valence electrons. The van der Waals surface area contributed by atoms with Crippen LogP contribution in [-0.2, 0) is 36.7 Å². The number of phenolic OH excluding ortho intramolecular Hbond substituents is 1. The fourth-order valence-electron chi connectivity index (χ4n) is 5.55. The number of rotatable bonds is 12. The molecule has 49 heavy (non-hydrogen) atoms. The van der Waals surface area contributed by atoms with Crippen LogP contribution in [0, 0.1) is 6.92 Å². The standard InChI is InChI=1S/C39H49N3O7/c1-25-13-11-12-16-30(25)33(34(44)40-32(36(46)48-38(2,3)4)24-26-14-9-8-10-15-26)42(28-19-20-28)35(45)31(41-37(47)49-39(5,6)7)23-27-17-21-29(43)22-18-27/h8-18,21-22,28,31-33,43H,19-20,23-24H2,1-7H3,(H,40,44)(H,41,47). The monoisotopic (exact) mass is 671 g/mol. The van der Waals surface area contributed by atoms with E-state index in [2.05, 4.69) is 10.6 Å². The van der Waals surface area contributed by atoms with Crippen molar-refractivity contribution in [2.75, 3.05) is 0 Å². The average Bonchev–Trinajstić information content (AvgIpc) is 3.84. The van der Waals surface area contributed by atoms with Gasteiger partial charge in [-0.2, -0.15) is 0 Å². The summed E-state index contributed by atoms with van der Waals surface area (Å²) in [6.45, 7) is 12.4. The maximum atomic E-state index is 14.8. The van der Waals surface area contributed by atoms with E-state index in [4.69, 9.17) is 9.47 Å². The Hall–Kier alpha value is -4.86. The fourth-order valence-corrected chi connectivity index (χ4v) is 5.55. The van der Waals surface area contributed by atoms with Crippen LogP contribution >= 0.6 is 0 Å². The summed E-state index contributed by atoms with van der Waals surface area (Å²) < 4.78 is 11.3. The number of nitrogens with zero attached hydrogens (tertiary/aromatic N) is 1. The Bertz CT molecular complexity index is 1610. The molecule has 0 heterocycles. The van der Waals surface area contributed by atoms with Gasteiger partial charge in [-0.15, -0.1) is 0 Å². The van der Waals surface area contributed by atoms with Gasteiger partial charge in [0.15, 0.2) is 0 Å². The van der Waals surface area contributed by atoms with Gasteiger partial charge in [-0.1, -0.05) is 66.7 Å². The first-order valence-corrected chi connectivity index (χ1v) is 16.7. The quantitative estimate of drug-likeness (QED) is 0.203. The lowest BCUT2D eigenvalue weighted by atomic mass is 9.96. The minimum Gasteiger partial charge on any atom is -0.508 e. The SMILES string of the molecule is Cc1ccccc1C(C(=O)NC(Cc1ccccc1)C(=O)OC(C)(C)C)N(C(=O)C(Cc1ccc(O)cc1)NC(=O)OC(C)(C)C)C1CC1. The van der Waals surface area contributed by atoms with E-state index in [1.54, 1.807) is 70.7 Å². The molecule has 0 aromatic heterocycles. The molecule has 10 nitrogen and oxygen atoms in total. The predicted octanol–water partition coefficient (Wildman–Crippen LogP) is 5.94. The molecule has 0 aliphatic heterocycles. The molecule has 1 aliphatic carbocycles. The molecule has 3 aromatic rings. The highest BCUT2D eigenvalue weighted by Crippen LogP contribution is 2.37. The Morgan fingerprint density at radius 2 is 1.31 bits per heavy atom. The number of carbonyl (C=O) groups is 4. The summed E-state index contributed by atoms with van der Waals surface area (Å²) in [7, 11) is 0. The van der Waals surface area contributed by atoms with Gasteiger partial charge in [-0.3, -0.25) is 9.59 Å². The van der Waals surface area contributed by atoms with Crippen LogP contribution in [0.25, 0.3) is 0 Å². The third-order valence-corrected chi connectivity index (χ3v) is 7.86. The summed E-state index contributed by atoms with van der Waals surface area (Å²) in [5.41, 5.74) is 1.30. The molecule has 3 aromatic carbocycles. The molecular formula is C39H49N3O7. The highest BCUT2D eigenvalue weighted by atomic mass is 16.6. The Morgan fingerprint density at radius 3 is 1.88 bits per heavy atom. The molecule has 0 bridgehead atoms. The maximum absolute atomic E-state index is 14.8. The van der Waals surface area contributed by atoms with Crippen LogP contribution in [0.15, 0.2) is 78.9 Å². The van der Waals surface area contributed by atoms with Crippen molar-refractivity contribution < 1.29 is 33.8 Å². The number of hydrogen-bond acceptors (Lipinski definition) is 7. The zero-order valence-electron chi connectivity index (χ0n) is 29.5. The van der Waals surface area contributed by atoms with Gasteiger partial charge in [0.05, 0.1) is 0 Å². The molecule has 3 atom stereocenters. The maximum Gasteiger partial charge on any atom is 0.408 e. The molecule has 0 spiro atoms. The van der Waals surface area contributed by atoms with Crippen molar-refractivity contribution >= 4 is 23.9 Å². The molecule has 1 saturated carbocycles. The fraction of sp³-hybridized carbons (Fsp3) is 0.436. The van der Waals surface area contributed by atoms with Crippen molar-refractivity contribution in [3.8, 4) is 5.75 Å². The van der Waals surface area contributed by atoms with Crippen molar-refractivity contribution in [3.63, 3.8) is 0 Å². The molecule has 3 unspecified atom stereocenters. The number of ether oxygens (including phenoxy) is 2. The topological polar surface area (TPSA) is 134 Å². The molecule has 1 fully saturated rings. The van der Waals surface area contributed by atoms with E-state index < -0.39 is 53.2 Å². The van der Waals surface area contributed by atoms with Crippen molar-refractivity contribution in [2.45, 2.75) is 110 Å². The van der Waals surface area contributed by atoms with Crippen LogP contribution in [-0.4, -0.2) is 63.2 Å². The molecule has 1 aliphatic rings. The largest absolute Gasteiger partial charge is 0.508 e. The van der Waals surface area contributed by atoms with Gasteiger partial charge >= 0.3 is 12.1 Å². The summed E-state index contributed by atoms with van der Waals surface area (Å²) in [5, 5.41) is 15.6. The number of nitrogens with one attached hydrogen (secondary N) is 2. The lowest BCUT2D eigenvalue weighted by Gasteiger charge is -2.36. The zero-order valence-corrected chi connectivity index (χ0v) is 29.5. The van der Waals surface area contributed by atoms with E-state index in [-0.39, 0.29) is 24.6 Å². The molecule has 3 N–H and O–H groups in total. The van der Waals surface area contributed by atoms with Crippen LogP contribution in [0.1, 0.15) is 82.7 Å². The van der Waals surface area contributed by atoms with Gasteiger partial charge in [0.2, 0.25) is 11.8 Å². The van der Waals surface area contributed by atoms with E-state index in [1.165, 1.54) is 12.1 Å². The number of phenols is 1. The van der Waals surface area contributed by atoms with Gasteiger partial charge in [-0.05, 0) is 95.7 Å². The number of aryl methyl sites for hydroxylation is 1.